The van der Waals surface area contributed by atoms with Gasteiger partial charge < -0.3 is 19.8 Å². The maximum absolute atomic E-state index is 5.55. The zero-order valence-corrected chi connectivity index (χ0v) is 12.0. The van der Waals surface area contributed by atoms with Crippen LogP contribution in [0.4, 0.5) is 6.01 Å². The van der Waals surface area contributed by atoms with Gasteiger partial charge in [-0.1, -0.05) is 24.2 Å². The van der Waals surface area contributed by atoms with E-state index in [0.717, 1.165) is 17.9 Å². The van der Waals surface area contributed by atoms with Crippen molar-refractivity contribution in [1.82, 2.24) is 15.5 Å². The van der Waals surface area contributed by atoms with E-state index in [0.29, 0.717) is 18.5 Å². The van der Waals surface area contributed by atoms with Crippen molar-refractivity contribution in [2.24, 2.45) is 0 Å². The van der Waals surface area contributed by atoms with Crippen LogP contribution in [0.1, 0.15) is 31.3 Å². The molecule has 1 aromatic heterocycles. The molecule has 2 N–H and O–H groups in total. The topological polar surface area (TPSA) is 72.2 Å². The van der Waals surface area contributed by atoms with Crippen LogP contribution >= 0.6 is 0 Å². The van der Waals surface area contributed by atoms with E-state index in [1.54, 1.807) is 7.11 Å². The van der Waals surface area contributed by atoms with Crippen LogP contribution in [-0.4, -0.2) is 23.9 Å². The fourth-order valence-electron chi connectivity index (χ4n) is 1.83. The molecule has 0 amide bonds. The first kappa shape index (κ1) is 14.3. The lowest BCUT2D eigenvalue weighted by molar-refractivity contribution is 0.414. The average Bonchev–Trinajstić information content (AvgIpc) is 2.94. The molecule has 0 radical (unpaired) electrons. The largest absolute Gasteiger partial charge is 0.497 e. The molecule has 6 nitrogen and oxygen atoms in total. The monoisotopic (exact) mass is 276 g/mol. The number of methoxy groups -OCH3 is 1. The lowest BCUT2D eigenvalue weighted by Gasteiger charge is -2.06. The Morgan fingerprint density at radius 2 is 2.20 bits per heavy atom. The van der Waals surface area contributed by atoms with Gasteiger partial charge in [0.25, 0.3) is 0 Å². The smallest absolute Gasteiger partial charge is 0.315 e. The first-order chi connectivity index (χ1) is 9.72. The fourth-order valence-corrected chi connectivity index (χ4v) is 1.83. The van der Waals surface area contributed by atoms with Gasteiger partial charge in [-0.3, -0.25) is 0 Å². The first-order valence-corrected chi connectivity index (χ1v) is 6.66. The molecule has 0 aliphatic rings. The summed E-state index contributed by atoms with van der Waals surface area (Å²) < 4.78 is 10.7. The summed E-state index contributed by atoms with van der Waals surface area (Å²) in [6, 6.07) is 8.31. The number of benzene rings is 1. The predicted molar refractivity (Wildman–Crippen MR) is 76.7 cm³/mol. The third-order valence-corrected chi connectivity index (χ3v) is 2.90. The molecule has 0 spiro atoms. The number of nitrogens with zero attached hydrogens (tertiary/aromatic N) is 2. The van der Waals surface area contributed by atoms with E-state index in [1.165, 1.54) is 0 Å². The third-order valence-electron chi connectivity index (χ3n) is 2.90. The van der Waals surface area contributed by atoms with Crippen LogP contribution in [0.15, 0.2) is 28.7 Å². The van der Waals surface area contributed by atoms with Crippen LogP contribution < -0.4 is 15.4 Å². The van der Waals surface area contributed by atoms with E-state index in [1.807, 2.05) is 38.1 Å². The van der Waals surface area contributed by atoms with Crippen molar-refractivity contribution in [1.29, 1.82) is 0 Å². The highest BCUT2D eigenvalue weighted by molar-refractivity contribution is 5.31. The highest BCUT2D eigenvalue weighted by Crippen LogP contribution is 2.16. The summed E-state index contributed by atoms with van der Waals surface area (Å²) in [5.74, 6) is 1.41. The Morgan fingerprint density at radius 3 is 2.95 bits per heavy atom. The number of aromatic nitrogens is 2. The summed E-state index contributed by atoms with van der Waals surface area (Å²) in [4.78, 5) is 0. The van der Waals surface area contributed by atoms with Crippen molar-refractivity contribution in [3.05, 3.63) is 35.7 Å². The predicted octanol–water partition coefficient (Wildman–Crippen LogP) is 2.36. The summed E-state index contributed by atoms with van der Waals surface area (Å²) in [7, 11) is 1.65. The number of nitrogens with one attached hydrogen (secondary N) is 2. The SMILES string of the molecule is CCNC(C)c1nnc(NCc2cccc(OC)c2)o1. The quantitative estimate of drug-likeness (QED) is 0.809. The number of anilines is 1. The van der Waals surface area contributed by atoms with Crippen molar-refractivity contribution in [3.63, 3.8) is 0 Å². The van der Waals surface area contributed by atoms with E-state index in [4.69, 9.17) is 9.15 Å². The summed E-state index contributed by atoms with van der Waals surface area (Å²) in [6.45, 7) is 5.49. The number of ether oxygens (including phenoxy) is 1. The van der Waals surface area contributed by atoms with Crippen molar-refractivity contribution in [3.8, 4) is 5.75 Å². The number of hydrogen-bond donors (Lipinski definition) is 2. The van der Waals surface area contributed by atoms with Crippen LogP contribution in [0.25, 0.3) is 0 Å². The van der Waals surface area contributed by atoms with Crippen molar-refractivity contribution in [2.45, 2.75) is 26.4 Å². The van der Waals surface area contributed by atoms with Crippen molar-refractivity contribution in [2.75, 3.05) is 19.0 Å². The molecule has 1 unspecified atom stereocenters. The van der Waals surface area contributed by atoms with Crippen molar-refractivity contribution < 1.29 is 9.15 Å². The molecule has 20 heavy (non-hydrogen) atoms. The van der Waals surface area contributed by atoms with E-state index >= 15 is 0 Å². The Hall–Kier alpha value is -2.08. The molecule has 6 heteroatoms. The van der Waals surface area contributed by atoms with Gasteiger partial charge in [0, 0.05) is 6.54 Å². The highest BCUT2D eigenvalue weighted by atomic mass is 16.5. The normalized spacial score (nSPS) is 12.2. The Kier molecular flexibility index (Phi) is 4.95. The van der Waals surface area contributed by atoms with Gasteiger partial charge in [-0.2, -0.15) is 0 Å². The molecule has 1 atom stereocenters. The molecule has 1 aromatic carbocycles. The molecule has 0 bridgehead atoms. The Labute approximate surface area is 118 Å². The van der Waals surface area contributed by atoms with Gasteiger partial charge in [0.05, 0.1) is 13.2 Å². The zero-order valence-electron chi connectivity index (χ0n) is 12.0. The molecule has 0 saturated carbocycles. The van der Waals surface area contributed by atoms with Crippen LogP contribution in [-0.2, 0) is 6.54 Å². The van der Waals surface area contributed by atoms with E-state index in [9.17, 15) is 0 Å². The third kappa shape index (κ3) is 3.71. The fraction of sp³-hybridized carbons (Fsp3) is 0.429. The minimum absolute atomic E-state index is 0.0554. The highest BCUT2D eigenvalue weighted by Gasteiger charge is 2.12. The van der Waals surface area contributed by atoms with Gasteiger partial charge in [-0.25, -0.2) is 0 Å². The number of hydrogen-bond acceptors (Lipinski definition) is 6. The summed E-state index contributed by atoms with van der Waals surface area (Å²) in [5, 5.41) is 14.3. The Balaban J connectivity index is 1.93. The molecule has 2 aromatic rings. The molecule has 0 aliphatic carbocycles. The molecule has 0 saturated heterocycles. The minimum Gasteiger partial charge on any atom is -0.497 e. The van der Waals surface area contributed by atoms with E-state index in [-0.39, 0.29) is 6.04 Å². The molecular formula is C14H20N4O2. The van der Waals surface area contributed by atoms with Gasteiger partial charge in [-0.05, 0) is 31.2 Å². The summed E-state index contributed by atoms with van der Waals surface area (Å²) in [5.41, 5.74) is 1.09. The molecule has 1 heterocycles. The van der Waals surface area contributed by atoms with E-state index < -0.39 is 0 Å². The van der Waals surface area contributed by atoms with Gasteiger partial charge in [0.15, 0.2) is 0 Å². The summed E-state index contributed by atoms with van der Waals surface area (Å²) >= 11 is 0. The number of rotatable bonds is 7. The second-order valence-electron chi connectivity index (χ2n) is 4.43. The van der Waals surface area contributed by atoms with Crippen molar-refractivity contribution >= 4 is 6.01 Å². The van der Waals surface area contributed by atoms with Crippen LogP contribution in [0.2, 0.25) is 0 Å². The second-order valence-corrected chi connectivity index (χ2v) is 4.43. The lowest BCUT2D eigenvalue weighted by atomic mass is 10.2. The Bertz CT molecular complexity index is 541. The summed E-state index contributed by atoms with van der Waals surface area (Å²) in [6.07, 6.45) is 0. The van der Waals surface area contributed by atoms with Gasteiger partial charge >= 0.3 is 6.01 Å². The maximum atomic E-state index is 5.55. The lowest BCUT2D eigenvalue weighted by Crippen LogP contribution is -2.17. The average molecular weight is 276 g/mol. The Morgan fingerprint density at radius 1 is 1.35 bits per heavy atom. The molecular weight excluding hydrogens is 256 g/mol. The van der Waals surface area contributed by atoms with E-state index in [2.05, 4.69) is 20.8 Å². The first-order valence-electron chi connectivity index (χ1n) is 6.66. The second kappa shape index (κ2) is 6.91. The molecule has 0 fully saturated rings. The van der Waals surface area contributed by atoms with Gasteiger partial charge in [-0.15, -0.1) is 5.10 Å². The van der Waals surface area contributed by atoms with Crippen LogP contribution in [0.3, 0.4) is 0 Å². The van der Waals surface area contributed by atoms with Crippen LogP contribution in [0, 0.1) is 0 Å². The molecule has 2 rings (SSSR count). The molecule has 0 aliphatic heterocycles. The van der Waals surface area contributed by atoms with Crippen LogP contribution in [0.5, 0.6) is 5.75 Å². The zero-order chi connectivity index (χ0) is 14.4. The minimum atomic E-state index is 0.0554. The molecule has 108 valence electrons. The standard InChI is InChI=1S/C14H20N4O2/c1-4-15-10(2)13-17-18-14(20-13)16-9-11-6-5-7-12(8-11)19-3/h5-8,10,15H,4,9H2,1-3H3,(H,16,18). The van der Waals surface area contributed by atoms with Gasteiger partial charge in [0.1, 0.15) is 5.75 Å². The van der Waals surface area contributed by atoms with Gasteiger partial charge in [0.2, 0.25) is 5.89 Å². The maximum Gasteiger partial charge on any atom is 0.315 e.